The number of carbonyl (C=O) groups is 1. The molecular formula is C17H16N2O4. The fourth-order valence-corrected chi connectivity index (χ4v) is 2.39. The van der Waals surface area contributed by atoms with Gasteiger partial charge in [-0.3, -0.25) is 4.79 Å². The lowest BCUT2D eigenvalue weighted by molar-refractivity contribution is 0.0898. The van der Waals surface area contributed by atoms with Gasteiger partial charge < -0.3 is 19.2 Å². The van der Waals surface area contributed by atoms with Crippen LogP contribution in [0.15, 0.2) is 46.9 Å². The molecule has 0 bridgehead atoms. The summed E-state index contributed by atoms with van der Waals surface area (Å²) in [5.41, 5.74) is 0. The van der Waals surface area contributed by atoms with Crippen molar-refractivity contribution in [3.63, 3.8) is 0 Å². The van der Waals surface area contributed by atoms with Crippen LogP contribution < -0.4 is 10.1 Å². The molecule has 2 heterocycles. The number of hydrogen-bond donors (Lipinski definition) is 1. The highest BCUT2D eigenvalue weighted by molar-refractivity contribution is 5.92. The second kappa shape index (κ2) is 6.99. The van der Waals surface area contributed by atoms with Crippen LogP contribution in [-0.2, 0) is 4.74 Å². The van der Waals surface area contributed by atoms with Crippen molar-refractivity contribution < 1.29 is 18.7 Å². The van der Waals surface area contributed by atoms with Gasteiger partial charge in [0.15, 0.2) is 5.76 Å². The number of furan rings is 1. The molecule has 0 spiro atoms. The van der Waals surface area contributed by atoms with Crippen molar-refractivity contribution in [3.05, 3.63) is 48.2 Å². The summed E-state index contributed by atoms with van der Waals surface area (Å²) in [6.07, 6.45) is 0.763. The van der Waals surface area contributed by atoms with Gasteiger partial charge in [-0.15, -0.1) is 0 Å². The van der Waals surface area contributed by atoms with Gasteiger partial charge in [0, 0.05) is 18.6 Å². The van der Waals surface area contributed by atoms with E-state index in [1.165, 1.54) is 6.07 Å². The normalized spacial score (nSPS) is 18.1. The highest BCUT2D eigenvalue weighted by atomic mass is 16.6. The van der Waals surface area contributed by atoms with Crippen LogP contribution >= 0.6 is 0 Å². The quantitative estimate of drug-likeness (QED) is 0.917. The Morgan fingerprint density at radius 1 is 1.30 bits per heavy atom. The maximum absolute atomic E-state index is 12.2. The lowest BCUT2D eigenvalue weighted by Crippen LogP contribution is -2.39. The second-order valence-electron chi connectivity index (χ2n) is 5.24. The summed E-state index contributed by atoms with van der Waals surface area (Å²) in [5, 5.41) is 11.9. The Labute approximate surface area is 133 Å². The van der Waals surface area contributed by atoms with Crippen LogP contribution in [0, 0.1) is 17.2 Å². The molecule has 1 N–H and O–H groups in total. The van der Waals surface area contributed by atoms with Crippen LogP contribution in [0.5, 0.6) is 11.7 Å². The van der Waals surface area contributed by atoms with Crippen LogP contribution in [0.1, 0.15) is 17.0 Å². The molecule has 6 heteroatoms. The molecule has 1 saturated heterocycles. The predicted octanol–water partition coefficient (Wildman–Crippen LogP) is 2.73. The molecule has 0 unspecified atom stereocenters. The first-order valence-electron chi connectivity index (χ1n) is 7.37. The fourth-order valence-electron chi connectivity index (χ4n) is 2.39. The van der Waals surface area contributed by atoms with E-state index in [2.05, 4.69) is 11.4 Å². The minimum absolute atomic E-state index is 0.0129. The number of ether oxygens (including phenoxy) is 2. The first-order chi connectivity index (χ1) is 11.3. The SMILES string of the molecule is N#C[C@@H](NC(=O)c1ccc(Oc2ccccc2)o1)[C@@H]1CCOC1. The van der Waals surface area contributed by atoms with Gasteiger partial charge in [0.25, 0.3) is 11.9 Å². The monoisotopic (exact) mass is 312 g/mol. The number of nitrogens with one attached hydrogen (secondary N) is 1. The summed E-state index contributed by atoms with van der Waals surface area (Å²) >= 11 is 0. The third kappa shape index (κ3) is 3.71. The molecule has 118 valence electrons. The topological polar surface area (TPSA) is 84.5 Å². The molecule has 1 aliphatic rings. The highest BCUT2D eigenvalue weighted by Gasteiger charge is 2.28. The number of amides is 1. The minimum atomic E-state index is -0.589. The van der Waals surface area contributed by atoms with Gasteiger partial charge in [-0.2, -0.15) is 5.26 Å². The summed E-state index contributed by atoms with van der Waals surface area (Å²) in [6.45, 7) is 1.10. The van der Waals surface area contributed by atoms with Gasteiger partial charge in [0.2, 0.25) is 0 Å². The average molecular weight is 312 g/mol. The van der Waals surface area contributed by atoms with E-state index < -0.39 is 11.9 Å². The van der Waals surface area contributed by atoms with E-state index in [1.54, 1.807) is 18.2 Å². The fraction of sp³-hybridized carbons (Fsp3) is 0.294. The zero-order chi connectivity index (χ0) is 16.1. The Bertz CT molecular complexity index is 699. The van der Waals surface area contributed by atoms with Gasteiger partial charge >= 0.3 is 0 Å². The molecule has 0 saturated carbocycles. The lowest BCUT2D eigenvalue weighted by Gasteiger charge is -2.15. The standard InChI is InChI=1S/C17H16N2O4/c18-10-14(12-8-9-21-11-12)19-17(20)15-6-7-16(23-15)22-13-4-2-1-3-5-13/h1-7,12,14H,8-9,11H2,(H,19,20)/t12-,14-/m1/s1. The van der Waals surface area contributed by atoms with E-state index >= 15 is 0 Å². The Kier molecular flexibility index (Phi) is 4.60. The van der Waals surface area contributed by atoms with E-state index in [-0.39, 0.29) is 17.6 Å². The first-order valence-corrected chi connectivity index (χ1v) is 7.37. The molecule has 2 aromatic rings. The predicted molar refractivity (Wildman–Crippen MR) is 81.0 cm³/mol. The molecule has 2 atom stereocenters. The van der Waals surface area contributed by atoms with Crippen LogP contribution in [0.2, 0.25) is 0 Å². The van der Waals surface area contributed by atoms with Crippen molar-refractivity contribution in [3.8, 4) is 17.8 Å². The number of para-hydroxylation sites is 1. The number of nitriles is 1. The number of hydrogen-bond acceptors (Lipinski definition) is 5. The summed E-state index contributed by atoms with van der Waals surface area (Å²) < 4.78 is 16.1. The van der Waals surface area contributed by atoms with Crippen molar-refractivity contribution in [1.82, 2.24) is 5.32 Å². The molecule has 1 fully saturated rings. The lowest BCUT2D eigenvalue weighted by atomic mass is 10.0. The molecule has 3 rings (SSSR count). The third-order valence-corrected chi connectivity index (χ3v) is 3.63. The molecule has 23 heavy (non-hydrogen) atoms. The molecule has 1 aliphatic heterocycles. The zero-order valence-electron chi connectivity index (χ0n) is 12.4. The van der Waals surface area contributed by atoms with Crippen LogP contribution in [0.3, 0.4) is 0 Å². The van der Waals surface area contributed by atoms with Crippen molar-refractivity contribution in [1.29, 1.82) is 5.26 Å². The maximum atomic E-state index is 12.2. The smallest absolute Gasteiger partial charge is 0.290 e. The minimum Gasteiger partial charge on any atom is -0.426 e. The molecular weight excluding hydrogens is 296 g/mol. The number of benzene rings is 1. The average Bonchev–Trinajstić information content (AvgIpc) is 3.25. The molecule has 1 amide bonds. The number of carbonyl (C=O) groups excluding carboxylic acids is 1. The Balaban J connectivity index is 1.63. The van der Waals surface area contributed by atoms with Gasteiger partial charge in [0.05, 0.1) is 12.7 Å². The Hall–Kier alpha value is -2.78. The summed E-state index contributed by atoms with van der Waals surface area (Å²) in [4.78, 5) is 12.2. The van der Waals surface area contributed by atoms with Crippen LogP contribution in [-0.4, -0.2) is 25.2 Å². The van der Waals surface area contributed by atoms with Gasteiger partial charge in [0.1, 0.15) is 11.8 Å². The van der Waals surface area contributed by atoms with E-state index in [4.69, 9.17) is 13.9 Å². The molecule has 0 radical (unpaired) electrons. The van der Waals surface area contributed by atoms with Gasteiger partial charge in [-0.25, -0.2) is 0 Å². The molecule has 1 aromatic heterocycles. The van der Waals surface area contributed by atoms with Crippen molar-refractivity contribution >= 4 is 5.91 Å². The summed E-state index contributed by atoms with van der Waals surface area (Å²) in [6, 6.07) is 13.7. The van der Waals surface area contributed by atoms with Crippen LogP contribution in [0.25, 0.3) is 0 Å². The largest absolute Gasteiger partial charge is 0.426 e. The third-order valence-electron chi connectivity index (χ3n) is 3.63. The Morgan fingerprint density at radius 3 is 2.83 bits per heavy atom. The zero-order valence-corrected chi connectivity index (χ0v) is 12.4. The van der Waals surface area contributed by atoms with Crippen molar-refractivity contribution in [2.45, 2.75) is 12.5 Å². The number of rotatable bonds is 5. The number of nitrogens with zero attached hydrogens (tertiary/aromatic N) is 1. The summed E-state index contributed by atoms with van der Waals surface area (Å²) in [5.74, 6) is 0.520. The highest BCUT2D eigenvalue weighted by Crippen LogP contribution is 2.24. The molecule has 1 aromatic carbocycles. The molecule has 6 nitrogen and oxygen atoms in total. The van der Waals surface area contributed by atoms with E-state index in [1.807, 2.05) is 18.2 Å². The van der Waals surface area contributed by atoms with Gasteiger partial charge in [-0.1, -0.05) is 18.2 Å². The summed E-state index contributed by atoms with van der Waals surface area (Å²) in [7, 11) is 0. The van der Waals surface area contributed by atoms with Crippen LogP contribution in [0.4, 0.5) is 0 Å². The van der Waals surface area contributed by atoms with Crippen molar-refractivity contribution in [2.24, 2.45) is 5.92 Å². The van der Waals surface area contributed by atoms with E-state index in [9.17, 15) is 10.1 Å². The maximum Gasteiger partial charge on any atom is 0.290 e. The van der Waals surface area contributed by atoms with Crippen molar-refractivity contribution in [2.75, 3.05) is 13.2 Å². The van der Waals surface area contributed by atoms with Gasteiger partial charge in [-0.05, 0) is 24.6 Å². The Morgan fingerprint density at radius 2 is 2.13 bits per heavy atom. The second-order valence-corrected chi connectivity index (χ2v) is 5.24. The van der Waals surface area contributed by atoms with E-state index in [0.717, 1.165) is 6.42 Å². The van der Waals surface area contributed by atoms with E-state index in [0.29, 0.717) is 19.0 Å². The molecule has 0 aliphatic carbocycles. The first kappa shape index (κ1) is 15.1.